The second kappa shape index (κ2) is 9.79. The van der Waals surface area contributed by atoms with Crippen molar-refractivity contribution in [2.45, 2.75) is 53.8 Å². The Kier molecular flexibility index (Phi) is 6.93. The van der Waals surface area contributed by atoms with Crippen LogP contribution in [0.4, 0.5) is 0 Å². The van der Waals surface area contributed by atoms with Crippen LogP contribution in [-0.2, 0) is 12.2 Å². The Morgan fingerprint density at radius 1 is 1.03 bits per heavy atom. The summed E-state index contributed by atoms with van der Waals surface area (Å²) in [6.07, 6.45) is 3.34. The van der Waals surface area contributed by atoms with Crippen molar-refractivity contribution in [2.75, 3.05) is 0 Å². The van der Waals surface area contributed by atoms with Crippen molar-refractivity contribution in [1.29, 1.82) is 0 Å². The highest BCUT2D eigenvalue weighted by atomic mass is 35.5. The summed E-state index contributed by atoms with van der Waals surface area (Å²) in [5.74, 6) is 0.583. The zero-order valence-electron chi connectivity index (χ0n) is 21.1. The van der Waals surface area contributed by atoms with E-state index in [-0.39, 0.29) is 17.5 Å². The number of pyridine rings is 3. The molecule has 4 aromatic rings. The molecule has 186 valence electrons. The lowest BCUT2D eigenvalue weighted by Crippen LogP contribution is -2.23. The molecule has 0 bridgehead atoms. The molecule has 0 radical (unpaired) electrons. The average Bonchev–Trinajstić information content (AvgIpc) is 2.81. The molecule has 8 nitrogen and oxygen atoms in total. The van der Waals surface area contributed by atoms with E-state index < -0.39 is 11.2 Å². The molecule has 4 heterocycles. The van der Waals surface area contributed by atoms with Gasteiger partial charge in [-0.15, -0.1) is 0 Å². The van der Waals surface area contributed by atoms with Crippen LogP contribution in [0.25, 0.3) is 17.1 Å². The number of ether oxygens (including phenoxy) is 1. The Morgan fingerprint density at radius 3 is 2.44 bits per heavy atom. The molecule has 0 aliphatic heterocycles. The van der Waals surface area contributed by atoms with Crippen molar-refractivity contribution in [3.63, 3.8) is 0 Å². The van der Waals surface area contributed by atoms with Gasteiger partial charge in [0.05, 0.1) is 22.8 Å². The maximum atomic E-state index is 13.4. The van der Waals surface area contributed by atoms with Crippen LogP contribution in [0.15, 0.2) is 47.5 Å². The molecule has 4 rings (SSSR count). The Hall–Kier alpha value is -3.62. The lowest BCUT2D eigenvalue weighted by Gasteiger charge is -2.18. The molecule has 0 unspecified atom stereocenters. The number of aromatic nitrogens is 5. The second-order valence-corrected chi connectivity index (χ2v) is 9.68. The third-order valence-corrected chi connectivity index (χ3v) is 6.05. The summed E-state index contributed by atoms with van der Waals surface area (Å²) in [7, 11) is 0. The predicted octanol–water partition coefficient (Wildman–Crippen LogP) is 4.78. The summed E-state index contributed by atoms with van der Waals surface area (Å²) in [4.78, 5) is 31.1. The fourth-order valence-electron chi connectivity index (χ4n) is 3.80. The number of halogens is 1. The van der Waals surface area contributed by atoms with E-state index in [1.54, 1.807) is 38.4 Å². The third-order valence-electron chi connectivity index (χ3n) is 5.70. The van der Waals surface area contributed by atoms with Crippen molar-refractivity contribution in [3.05, 3.63) is 92.1 Å². The van der Waals surface area contributed by atoms with E-state index in [2.05, 4.69) is 19.9 Å². The Morgan fingerprint density at radius 2 is 1.75 bits per heavy atom. The van der Waals surface area contributed by atoms with Gasteiger partial charge in [-0.25, -0.2) is 9.97 Å². The molecule has 36 heavy (non-hydrogen) atoms. The van der Waals surface area contributed by atoms with Gasteiger partial charge in [-0.1, -0.05) is 17.7 Å². The van der Waals surface area contributed by atoms with Gasteiger partial charge in [0.15, 0.2) is 5.82 Å². The molecule has 0 amide bonds. The Balaban J connectivity index is 1.75. The molecular weight excluding hydrogens is 478 g/mol. The molecule has 9 heteroatoms. The number of hydrogen-bond acceptors (Lipinski definition) is 7. The Bertz CT molecular complexity index is 1510. The SMILES string of the molecule is Cc1cccc(COc2cc(C)n(-c3cc(-c4nc(C(C)(C)O)ncc4C)ncc3C)c(=O)c2Cl)n1. The van der Waals surface area contributed by atoms with Crippen LogP contribution in [0.3, 0.4) is 0 Å². The van der Waals surface area contributed by atoms with Crippen molar-refractivity contribution in [1.82, 2.24) is 24.5 Å². The van der Waals surface area contributed by atoms with E-state index in [4.69, 9.17) is 16.3 Å². The summed E-state index contributed by atoms with van der Waals surface area (Å²) in [5.41, 5.74) is 3.99. The third kappa shape index (κ3) is 5.15. The molecule has 0 aliphatic carbocycles. The van der Waals surface area contributed by atoms with Crippen molar-refractivity contribution >= 4 is 11.6 Å². The minimum Gasteiger partial charge on any atom is -0.485 e. The van der Waals surface area contributed by atoms with Crippen LogP contribution in [0.5, 0.6) is 5.75 Å². The van der Waals surface area contributed by atoms with E-state index in [1.165, 1.54) is 4.57 Å². The van der Waals surface area contributed by atoms with Crippen molar-refractivity contribution in [2.24, 2.45) is 0 Å². The smallest absolute Gasteiger partial charge is 0.277 e. The van der Waals surface area contributed by atoms with Crippen LogP contribution < -0.4 is 10.3 Å². The van der Waals surface area contributed by atoms with E-state index in [9.17, 15) is 9.90 Å². The van der Waals surface area contributed by atoms with Gasteiger partial charge in [-0.2, -0.15) is 0 Å². The standard InChI is InChI=1S/C27H28ClN5O3/c1-15-12-29-20(24-16(2)13-30-26(32-24)27(5,6)35)11-21(15)33-18(4)10-22(23(28)25(33)34)36-14-19-9-7-8-17(3)31-19/h7-13,35H,14H2,1-6H3. The van der Waals surface area contributed by atoms with Crippen molar-refractivity contribution in [3.8, 4) is 22.8 Å². The zero-order chi connectivity index (χ0) is 26.2. The minimum absolute atomic E-state index is 0.0199. The first-order valence-corrected chi connectivity index (χ1v) is 11.8. The highest BCUT2D eigenvalue weighted by molar-refractivity contribution is 6.31. The van der Waals surface area contributed by atoms with Gasteiger partial charge in [0.25, 0.3) is 5.56 Å². The van der Waals surface area contributed by atoms with Gasteiger partial charge >= 0.3 is 0 Å². The number of hydrogen-bond donors (Lipinski definition) is 1. The number of rotatable bonds is 6. The van der Waals surface area contributed by atoms with E-state index in [0.717, 1.165) is 22.5 Å². The summed E-state index contributed by atoms with van der Waals surface area (Å²) in [6, 6.07) is 9.19. The average molecular weight is 506 g/mol. The monoisotopic (exact) mass is 505 g/mol. The highest BCUT2D eigenvalue weighted by Crippen LogP contribution is 2.28. The number of aryl methyl sites for hydroxylation is 4. The van der Waals surface area contributed by atoms with Crippen LogP contribution in [0, 0.1) is 27.7 Å². The van der Waals surface area contributed by atoms with Gasteiger partial charge in [-0.3, -0.25) is 19.3 Å². The largest absolute Gasteiger partial charge is 0.485 e. The molecule has 0 aliphatic rings. The molecule has 0 saturated heterocycles. The number of aliphatic hydroxyl groups is 1. The van der Waals surface area contributed by atoms with Crippen LogP contribution in [-0.4, -0.2) is 29.6 Å². The van der Waals surface area contributed by atoms with Gasteiger partial charge in [0, 0.05) is 29.8 Å². The summed E-state index contributed by atoms with van der Waals surface area (Å²) >= 11 is 6.48. The predicted molar refractivity (Wildman–Crippen MR) is 139 cm³/mol. The first-order valence-electron chi connectivity index (χ1n) is 11.5. The van der Waals surface area contributed by atoms with Crippen molar-refractivity contribution < 1.29 is 9.84 Å². The molecule has 0 fully saturated rings. The quantitative estimate of drug-likeness (QED) is 0.402. The second-order valence-electron chi connectivity index (χ2n) is 9.30. The molecule has 4 aromatic heterocycles. The van der Waals surface area contributed by atoms with E-state index >= 15 is 0 Å². The maximum Gasteiger partial charge on any atom is 0.277 e. The molecular formula is C27H28ClN5O3. The molecule has 0 spiro atoms. The van der Waals surface area contributed by atoms with E-state index in [1.807, 2.05) is 45.9 Å². The molecule has 0 atom stereocenters. The highest BCUT2D eigenvalue weighted by Gasteiger charge is 2.22. The van der Waals surface area contributed by atoms with Gasteiger partial charge in [-0.05, 0) is 70.9 Å². The molecule has 0 saturated carbocycles. The maximum absolute atomic E-state index is 13.4. The lowest BCUT2D eigenvalue weighted by atomic mass is 10.1. The lowest BCUT2D eigenvalue weighted by molar-refractivity contribution is 0.0688. The zero-order valence-corrected chi connectivity index (χ0v) is 21.9. The van der Waals surface area contributed by atoms with Crippen LogP contribution in [0.1, 0.15) is 47.9 Å². The van der Waals surface area contributed by atoms with Gasteiger partial charge in [0.2, 0.25) is 0 Å². The summed E-state index contributed by atoms with van der Waals surface area (Å²) in [5, 5.41) is 10.3. The minimum atomic E-state index is -1.21. The molecule has 0 aromatic carbocycles. The fourth-order valence-corrected chi connectivity index (χ4v) is 3.99. The van der Waals surface area contributed by atoms with E-state index in [0.29, 0.717) is 28.5 Å². The Labute approximate surface area is 214 Å². The summed E-state index contributed by atoms with van der Waals surface area (Å²) in [6.45, 7) is 10.9. The summed E-state index contributed by atoms with van der Waals surface area (Å²) < 4.78 is 7.39. The fraction of sp³-hybridized carbons (Fsp3) is 0.296. The molecule has 1 N–H and O–H groups in total. The van der Waals surface area contributed by atoms with Gasteiger partial charge in [0.1, 0.15) is 23.0 Å². The first-order chi connectivity index (χ1) is 17.0. The normalized spacial score (nSPS) is 11.6. The topological polar surface area (TPSA) is 103 Å². The van der Waals surface area contributed by atoms with Crippen LogP contribution in [0.2, 0.25) is 5.02 Å². The first kappa shape index (κ1) is 25.5. The van der Waals surface area contributed by atoms with Gasteiger partial charge < -0.3 is 9.84 Å². The number of nitrogens with zero attached hydrogens (tertiary/aromatic N) is 5. The van der Waals surface area contributed by atoms with Crippen LogP contribution >= 0.6 is 11.6 Å².